The molecule has 1 heterocycles. The Morgan fingerprint density at radius 1 is 1.31 bits per heavy atom. The average Bonchev–Trinajstić information content (AvgIpc) is 2.84. The number of carboxylic acid groups (broad SMARTS) is 1. The molecule has 1 aliphatic rings. The first-order valence-electron chi connectivity index (χ1n) is 5.11. The van der Waals surface area contributed by atoms with E-state index in [1.165, 1.54) is 4.90 Å². The zero-order chi connectivity index (χ0) is 11.9. The van der Waals surface area contributed by atoms with Gasteiger partial charge in [-0.3, -0.25) is 4.79 Å². The summed E-state index contributed by atoms with van der Waals surface area (Å²) in [7, 11) is 0. The van der Waals surface area contributed by atoms with Crippen LogP contribution < -0.4 is 0 Å². The fraction of sp³-hybridized carbons (Fsp3) is 0.333. The van der Waals surface area contributed by atoms with Crippen molar-refractivity contribution in [2.24, 2.45) is 0 Å². The molecule has 0 radical (unpaired) electrons. The first-order valence-corrected chi connectivity index (χ1v) is 5.11. The molecule has 0 saturated carbocycles. The standard InChI is InChI=1S/C12H13NO3/c1-8-12(2,11(15)16)13(8)10(14)9-6-4-3-5-7-9/h3-8H,1-2H3,(H,15,16)/t8-,12+,13?/m1/s1. The molecule has 0 spiro atoms. The zero-order valence-electron chi connectivity index (χ0n) is 9.18. The summed E-state index contributed by atoms with van der Waals surface area (Å²) in [4.78, 5) is 24.4. The summed E-state index contributed by atoms with van der Waals surface area (Å²) in [5.74, 6) is -1.18. The highest BCUT2D eigenvalue weighted by atomic mass is 16.4. The van der Waals surface area contributed by atoms with Crippen molar-refractivity contribution in [3.63, 3.8) is 0 Å². The molecule has 4 nitrogen and oxygen atoms in total. The largest absolute Gasteiger partial charge is 0.479 e. The number of rotatable bonds is 2. The highest BCUT2D eigenvalue weighted by Gasteiger charge is 2.64. The van der Waals surface area contributed by atoms with Gasteiger partial charge in [0.2, 0.25) is 0 Å². The van der Waals surface area contributed by atoms with Crippen LogP contribution in [0.4, 0.5) is 0 Å². The Bertz CT molecular complexity index is 443. The number of hydrogen-bond acceptors (Lipinski definition) is 2. The number of benzene rings is 1. The monoisotopic (exact) mass is 219 g/mol. The van der Waals surface area contributed by atoms with E-state index < -0.39 is 11.5 Å². The minimum atomic E-state index is -1.05. The second kappa shape index (κ2) is 3.33. The van der Waals surface area contributed by atoms with E-state index in [9.17, 15) is 9.59 Å². The lowest BCUT2D eigenvalue weighted by molar-refractivity contribution is -0.140. The van der Waals surface area contributed by atoms with Crippen LogP contribution in [0.1, 0.15) is 24.2 Å². The smallest absolute Gasteiger partial charge is 0.331 e. The lowest BCUT2D eigenvalue weighted by Crippen LogP contribution is -2.29. The summed E-state index contributed by atoms with van der Waals surface area (Å²) in [5.41, 5.74) is -0.522. The Kier molecular flexibility index (Phi) is 2.22. The molecular formula is C12H13NO3. The molecule has 2 rings (SSSR count). The minimum absolute atomic E-state index is 0.224. The fourth-order valence-corrected chi connectivity index (χ4v) is 1.94. The Morgan fingerprint density at radius 3 is 2.31 bits per heavy atom. The van der Waals surface area contributed by atoms with Crippen molar-refractivity contribution in [1.29, 1.82) is 0 Å². The lowest BCUT2D eigenvalue weighted by Gasteiger charge is -2.07. The van der Waals surface area contributed by atoms with Gasteiger partial charge in [-0.05, 0) is 26.0 Å². The van der Waals surface area contributed by atoms with E-state index in [0.717, 1.165) is 0 Å². The number of carbonyl (C=O) groups excluding carboxylic acids is 1. The van der Waals surface area contributed by atoms with Gasteiger partial charge >= 0.3 is 5.97 Å². The van der Waals surface area contributed by atoms with Crippen LogP contribution in [-0.4, -0.2) is 33.5 Å². The zero-order valence-corrected chi connectivity index (χ0v) is 9.18. The van der Waals surface area contributed by atoms with Crippen LogP contribution in [-0.2, 0) is 4.79 Å². The number of nitrogens with zero attached hydrogens (tertiary/aromatic N) is 1. The van der Waals surface area contributed by atoms with E-state index in [2.05, 4.69) is 0 Å². The molecule has 16 heavy (non-hydrogen) atoms. The van der Waals surface area contributed by atoms with Gasteiger partial charge in [0.25, 0.3) is 5.91 Å². The van der Waals surface area contributed by atoms with E-state index in [1.54, 1.807) is 38.1 Å². The fourth-order valence-electron chi connectivity index (χ4n) is 1.94. The van der Waals surface area contributed by atoms with Crippen molar-refractivity contribution in [2.45, 2.75) is 25.4 Å². The molecular weight excluding hydrogens is 206 g/mol. The van der Waals surface area contributed by atoms with Crippen molar-refractivity contribution < 1.29 is 14.7 Å². The van der Waals surface area contributed by atoms with E-state index in [4.69, 9.17) is 5.11 Å². The Hall–Kier alpha value is -1.84. The van der Waals surface area contributed by atoms with Crippen LogP contribution in [0.3, 0.4) is 0 Å². The van der Waals surface area contributed by atoms with Gasteiger partial charge in [-0.25, -0.2) is 4.79 Å². The molecule has 2 atom stereocenters. The number of hydrogen-bond donors (Lipinski definition) is 1. The number of aliphatic carboxylic acids is 1. The Labute approximate surface area is 93.5 Å². The van der Waals surface area contributed by atoms with Gasteiger partial charge in [0.1, 0.15) is 0 Å². The minimum Gasteiger partial charge on any atom is -0.479 e. The molecule has 4 heteroatoms. The van der Waals surface area contributed by atoms with E-state index in [-0.39, 0.29) is 11.9 Å². The molecule has 0 aromatic heterocycles. The van der Waals surface area contributed by atoms with Crippen molar-refractivity contribution in [2.75, 3.05) is 0 Å². The van der Waals surface area contributed by atoms with Gasteiger partial charge in [0.05, 0.1) is 6.04 Å². The number of amides is 1. The van der Waals surface area contributed by atoms with Crippen molar-refractivity contribution in [3.05, 3.63) is 35.9 Å². The predicted octanol–water partition coefficient (Wildman–Crippen LogP) is 1.37. The average molecular weight is 219 g/mol. The maximum absolute atomic E-state index is 12.0. The summed E-state index contributed by atoms with van der Waals surface area (Å²) in [6, 6.07) is 8.47. The van der Waals surface area contributed by atoms with Crippen molar-refractivity contribution in [1.82, 2.24) is 4.90 Å². The molecule has 1 aromatic rings. The van der Waals surface area contributed by atoms with Crippen molar-refractivity contribution in [3.8, 4) is 0 Å². The summed E-state index contributed by atoms with van der Waals surface area (Å²) < 4.78 is 0. The van der Waals surface area contributed by atoms with E-state index >= 15 is 0 Å². The quantitative estimate of drug-likeness (QED) is 0.764. The van der Waals surface area contributed by atoms with Crippen LogP contribution >= 0.6 is 0 Å². The second-order valence-corrected chi connectivity index (χ2v) is 4.17. The van der Waals surface area contributed by atoms with Gasteiger partial charge in [0.15, 0.2) is 5.54 Å². The maximum Gasteiger partial charge on any atom is 0.331 e. The van der Waals surface area contributed by atoms with Gasteiger partial charge in [-0.1, -0.05) is 18.2 Å². The normalized spacial score (nSPS) is 27.6. The van der Waals surface area contributed by atoms with Crippen LogP contribution in [0.5, 0.6) is 0 Å². The first-order chi connectivity index (χ1) is 7.49. The third-order valence-corrected chi connectivity index (χ3v) is 3.31. The summed E-state index contributed by atoms with van der Waals surface area (Å²) >= 11 is 0. The van der Waals surface area contributed by atoms with Crippen molar-refractivity contribution >= 4 is 11.9 Å². The third-order valence-electron chi connectivity index (χ3n) is 3.31. The molecule has 0 aliphatic carbocycles. The highest BCUT2D eigenvalue weighted by Crippen LogP contribution is 2.41. The molecule has 1 amide bonds. The van der Waals surface area contributed by atoms with Crippen LogP contribution in [0, 0.1) is 0 Å². The molecule has 1 aliphatic heterocycles. The van der Waals surface area contributed by atoms with E-state index in [1.807, 2.05) is 6.07 Å². The second-order valence-electron chi connectivity index (χ2n) is 4.17. The highest BCUT2D eigenvalue weighted by molar-refractivity contribution is 6.02. The van der Waals surface area contributed by atoms with Gasteiger partial charge in [0, 0.05) is 5.56 Å². The summed E-state index contributed by atoms with van der Waals surface area (Å²) in [6.07, 6.45) is 0. The summed E-state index contributed by atoms with van der Waals surface area (Å²) in [5, 5.41) is 9.06. The number of carbonyl (C=O) groups is 2. The summed E-state index contributed by atoms with van der Waals surface area (Å²) in [6.45, 7) is 3.32. The SMILES string of the molecule is C[C@H]1N(C(=O)c2ccccc2)[C@]1(C)C(=O)O. The molecule has 1 aromatic carbocycles. The van der Waals surface area contributed by atoms with Gasteiger partial charge in [-0.2, -0.15) is 0 Å². The van der Waals surface area contributed by atoms with Gasteiger partial charge < -0.3 is 10.0 Å². The lowest BCUT2D eigenvalue weighted by atomic mass is 10.1. The predicted molar refractivity (Wildman–Crippen MR) is 58.1 cm³/mol. The molecule has 1 fully saturated rings. The molecule has 0 bridgehead atoms. The molecule has 1 N–H and O–H groups in total. The van der Waals surface area contributed by atoms with Crippen LogP contribution in [0.25, 0.3) is 0 Å². The van der Waals surface area contributed by atoms with Gasteiger partial charge in [-0.15, -0.1) is 0 Å². The van der Waals surface area contributed by atoms with Crippen LogP contribution in [0.2, 0.25) is 0 Å². The molecule has 84 valence electrons. The third kappa shape index (κ3) is 1.30. The van der Waals surface area contributed by atoms with E-state index in [0.29, 0.717) is 5.56 Å². The molecule has 1 saturated heterocycles. The maximum atomic E-state index is 12.0. The number of carboxylic acids is 1. The Balaban J connectivity index is 2.24. The first kappa shape index (κ1) is 10.7. The van der Waals surface area contributed by atoms with Crippen LogP contribution in [0.15, 0.2) is 30.3 Å². The Morgan fingerprint density at radius 2 is 1.88 bits per heavy atom. The topological polar surface area (TPSA) is 57.4 Å². The molecule has 0 unspecified atom stereocenters.